The Morgan fingerprint density at radius 2 is 2.16 bits per heavy atom. The van der Waals surface area contributed by atoms with Crippen LogP contribution in [0, 0.1) is 10.1 Å². The molecule has 11 nitrogen and oxygen atoms in total. The Labute approximate surface area is 139 Å². The third-order valence-corrected chi connectivity index (χ3v) is 3.73. The maximum atomic E-state index is 12.2. The first-order chi connectivity index (χ1) is 12.1. The third kappa shape index (κ3) is 2.71. The van der Waals surface area contributed by atoms with Gasteiger partial charge in [-0.25, -0.2) is 4.98 Å². The van der Waals surface area contributed by atoms with Crippen LogP contribution in [0.4, 0.5) is 5.88 Å². The summed E-state index contributed by atoms with van der Waals surface area (Å²) < 4.78 is 10.1. The van der Waals surface area contributed by atoms with Crippen molar-refractivity contribution in [1.82, 2.24) is 25.0 Å². The van der Waals surface area contributed by atoms with Gasteiger partial charge >= 0.3 is 5.88 Å². The van der Waals surface area contributed by atoms with Crippen LogP contribution in [0.15, 0.2) is 39.7 Å². The van der Waals surface area contributed by atoms with E-state index in [1.807, 2.05) is 0 Å². The molecule has 4 heterocycles. The second-order valence-electron chi connectivity index (χ2n) is 5.35. The van der Waals surface area contributed by atoms with E-state index in [9.17, 15) is 14.9 Å². The van der Waals surface area contributed by atoms with Gasteiger partial charge in [0.25, 0.3) is 5.91 Å². The molecule has 1 amide bonds. The summed E-state index contributed by atoms with van der Waals surface area (Å²) in [5.41, 5.74) is 0.493. The number of hydrogen-bond acceptors (Lipinski definition) is 9. The summed E-state index contributed by atoms with van der Waals surface area (Å²) in [5, 5.41) is 14.5. The lowest BCUT2D eigenvalue weighted by Gasteiger charge is -2.36. The van der Waals surface area contributed by atoms with E-state index in [0.717, 1.165) is 6.07 Å². The van der Waals surface area contributed by atoms with Crippen molar-refractivity contribution >= 4 is 11.8 Å². The Hall–Kier alpha value is -3.63. The van der Waals surface area contributed by atoms with E-state index >= 15 is 0 Å². The number of nitrogens with zero attached hydrogens (tertiary/aromatic N) is 6. The average Bonchev–Trinajstić information content (AvgIpc) is 3.24. The van der Waals surface area contributed by atoms with Crippen molar-refractivity contribution in [1.29, 1.82) is 0 Å². The van der Waals surface area contributed by atoms with Gasteiger partial charge in [0.15, 0.2) is 5.76 Å². The van der Waals surface area contributed by atoms with Gasteiger partial charge in [-0.3, -0.25) is 19.9 Å². The van der Waals surface area contributed by atoms with Gasteiger partial charge in [0.05, 0.1) is 18.2 Å². The summed E-state index contributed by atoms with van der Waals surface area (Å²) in [6, 6.07) is 2.43. The normalized spacial score (nSPS) is 14.3. The minimum atomic E-state index is -0.692. The topological polar surface area (TPSA) is 141 Å². The van der Waals surface area contributed by atoms with Crippen molar-refractivity contribution in [2.45, 2.75) is 5.92 Å². The molecule has 0 spiro atoms. The first-order valence-corrected chi connectivity index (χ1v) is 7.25. The Bertz CT molecular complexity index is 930. The van der Waals surface area contributed by atoms with Crippen LogP contribution >= 0.6 is 0 Å². The molecule has 11 heteroatoms. The second kappa shape index (κ2) is 5.78. The van der Waals surface area contributed by atoms with E-state index in [1.165, 1.54) is 23.4 Å². The molecule has 0 aliphatic carbocycles. The highest BCUT2D eigenvalue weighted by Gasteiger charge is 2.37. The predicted molar refractivity (Wildman–Crippen MR) is 79.3 cm³/mol. The molecule has 0 radical (unpaired) electrons. The molecule has 3 aromatic heterocycles. The van der Waals surface area contributed by atoms with Crippen LogP contribution < -0.4 is 0 Å². The van der Waals surface area contributed by atoms with Crippen molar-refractivity contribution in [3.63, 3.8) is 0 Å². The standard InChI is InChI=1S/C14H10N6O5/c21-14(10-1-2-11(24-10)20(22)23)19-6-8(7-19)13-17-12(18-25-13)9-5-15-3-4-16-9/h1-5,8H,6-7H2. The molecular formula is C14H10N6O5. The van der Waals surface area contributed by atoms with Crippen molar-refractivity contribution in [2.24, 2.45) is 0 Å². The molecule has 0 unspecified atom stereocenters. The van der Waals surface area contributed by atoms with Gasteiger partial charge in [0, 0.05) is 25.5 Å². The van der Waals surface area contributed by atoms with E-state index in [-0.39, 0.29) is 11.7 Å². The highest BCUT2D eigenvalue weighted by Crippen LogP contribution is 2.29. The zero-order chi connectivity index (χ0) is 17.4. The highest BCUT2D eigenvalue weighted by atomic mass is 16.6. The zero-order valence-electron chi connectivity index (χ0n) is 12.6. The Morgan fingerprint density at radius 1 is 1.32 bits per heavy atom. The van der Waals surface area contributed by atoms with Crippen LogP contribution in [0.5, 0.6) is 0 Å². The van der Waals surface area contributed by atoms with Crippen LogP contribution in [-0.2, 0) is 0 Å². The molecule has 0 atom stereocenters. The average molecular weight is 342 g/mol. The fourth-order valence-electron chi connectivity index (χ4n) is 2.42. The van der Waals surface area contributed by atoms with Crippen molar-refractivity contribution in [3.8, 4) is 11.5 Å². The van der Waals surface area contributed by atoms with E-state index in [4.69, 9.17) is 8.94 Å². The molecule has 0 saturated carbocycles. The first-order valence-electron chi connectivity index (χ1n) is 7.25. The zero-order valence-corrected chi connectivity index (χ0v) is 12.6. The number of rotatable bonds is 4. The maximum absolute atomic E-state index is 12.2. The number of hydrogen-bond donors (Lipinski definition) is 0. The Balaban J connectivity index is 1.41. The minimum Gasteiger partial charge on any atom is -0.395 e. The number of aromatic nitrogens is 4. The quantitative estimate of drug-likeness (QED) is 0.506. The molecule has 0 N–H and O–H groups in total. The van der Waals surface area contributed by atoms with Gasteiger partial charge in [-0.05, 0) is 6.07 Å². The Morgan fingerprint density at radius 3 is 2.84 bits per heavy atom. The molecule has 0 bridgehead atoms. The van der Waals surface area contributed by atoms with Crippen molar-refractivity contribution in [3.05, 3.63) is 52.5 Å². The monoisotopic (exact) mass is 342 g/mol. The molecule has 126 valence electrons. The number of carbonyl (C=O) groups is 1. The lowest BCUT2D eigenvalue weighted by molar-refractivity contribution is -0.402. The van der Waals surface area contributed by atoms with Crippen LogP contribution in [0.2, 0.25) is 0 Å². The fourth-order valence-corrected chi connectivity index (χ4v) is 2.42. The third-order valence-electron chi connectivity index (χ3n) is 3.73. The van der Waals surface area contributed by atoms with Crippen LogP contribution in [0.25, 0.3) is 11.5 Å². The van der Waals surface area contributed by atoms with E-state index in [2.05, 4.69) is 20.1 Å². The van der Waals surface area contributed by atoms with E-state index < -0.39 is 16.7 Å². The molecule has 4 rings (SSSR count). The molecule has 3 aromatic rings. The van der Waals surface area contributed by atoms with E-state index in [1.54, 1.807) is 6.20 Å². The van der Waals surface area contributed by atoms with Gasteiger partial charge in [-0.2, -0.15) is 4.98 Å². The number of carbonyl (C=O) groups excluding carboxylic acids is 1. The Kier molecular flexibility index (Phi) is 3.45. The van der Waals surface area contributed by atoms with Gasteiger partial charge in [-0.1, -0.05) is 5.16 Å². The summed E-state index contributed by atoms with van der Waals surface area (Å²) in [6.07, 6.45) is 4.59. The molecule has 1 fully saturated rings. The number of likely N-dealkylation sites (tertiary alicyclic amines) is 1. The number of furan rings is 1. The maximum Gasteiger partial charge on any atom is 0.433 e. The van der Waals surface area contributed by atoms with E-state index in [0.29, 0.717) is 30.5 Å². The predicted octanol–water partition coefficient (Wildman–Crippen LogP) is 1.27. The van der Waals surface area contributed by atoms with Gasteiger partial charge < -0.3 is 13.8 Å². The van der Waals surface area contributed by atoms with Crippen LogP contribution in [-0.4, -0.2) is 48.9 Å². The molecule has 1 aliphatic heterocycles. The van der Waals surface area contributed by atoms with Gasteiger partial charge in [0.1, 0.15) is 10.6 Å². The van der Waals surface area contributed by atoms with Crippen LogP contribution in [0.1, 0.15) is 22.4 Å². The molecule has 1 aliphatic rings. The second-order valence-corrected chi connectivity index (χ2v) is 5.35. The lowest BCUT2D eigenvalue weighted by atomic mass is 10.00. The van der Waals surface area contributed by atoms with Gasteiger partial charge in [0.2, 0.25) is 11.7 Å². The molecule has 0 aromatic carbocycles. The first kappa shape index (κ1) is 14.9. The van der Waals surface area contributed by atoms with Crippen molar-refractivity contribution < 1.29 is 18.7 Å². The van der Waals surface area contributed by atoms with Crippen molar-refractivity contribution in [2.75, 3.05) is 13.1 Å². The molecule has 25 heavy (non-hydrogen) atoms. The summed E-state index contributed by atoms with van der Waals surface area (Å²) in [6.45, 7) is 0.713. The number of nitro groups is 1. The minimum absolute atomic E-state index is 0.0732. The summed E-state index contributed by atoms with van der Waals surface area (Å²) >= 11 is 0. The smallest absolute Gasteiger partial charge is 0.395 e. The fraction of sp³-hybridized carbons (Fsp3) is 0.214. The lowest BCUT2D eigenvalue weighted by Crippen LogP contribution is -2.48. The largest absolute Gasteiger partial charge is 0.433 e. The SMILES string of the molecule is O=C(c1ccc([N+](=O)[O-])o1)N1CC(c2nc(-c3cnccn3)no2)C1. The summed E-state index contributed by atoms with van der Waals surface area (Å²) in [5.74, 6) is -0.337. The summed E-state index contributed by atoms with van der Waals surface area (Å²) in [7, 11) is 0. The molecule has 1 saturated heterocycles. The van der Waals surface area contributed by atoms with Gasteiger partial charge in [-0.15, -0.1) is 0 Å². The summed E-state index contributed by atoms with van der Waals surface area (Å²) in [4.78, 5) is 35.9. The molecular weight excluding hydrogens is 332 g/mol. The highest BCUT2D eigenvalue weighted by molar-refractivity contribution is 5.92. The number of amides is 1. The van der Waals surface area contributed by atoms with Crippen LogP contribution in [0.3, 0.4) is 0 Å².